The molecule has 84 valence electrons. The summed E-state index contributed by atoms with van der Waals surface area (Å²) in [7, 11) is 1.72. The molecule has 0 atom stereocenters. The maximum Gasteiger partial charge on any atom is 0.169 e. The molecule has 0 aliphatic carbocycles. The molecular formula is C13H15FN2. The fourth-order valence-corrected chi connectivity index (χ4v) is 1.77. The van der Waals surface area contributed by atoms with E-state index in [0.29, 0.717) is 5.69 Å². The molecule has 3 heteroatoms. The minimum atomic E-state index is -0.272. The molecular weight excluding hydrogens is 203 g/mol. The average Bonchev–Trinajstić information content (AvgIpc) is 2.59. The van der Waals surface area contributed by atoms with Gasteiger partial charge in [0.1, 0.15) is 5.69 Å². The van der Waals surface area contributed by atoms with E-state index >= 15 is 0 Å². The lowest BCUT2D eigenvalue weighted by molar-refractivity contribution is 0.627. The summed E-state index contributed by atoms with van der Waals surface area (Å²) < 4.78 is 15.0. The monoisotopic (exact) mass is 218 g/mol. The van der Waals surface area contributed by atoms with Gasteiger partial charge >= 0.3 is 0 Å². The first-order valence-corrected chi connectivity index (χ1v) is 5.49. The van der Waals surface area contributed by atoms with Crippen LogP contribution in [0.3, 0.4) is 0 Å². The van der Waals surface area contributed by atoms with Gasteiger partial charge in [-0.2, -0.15) is 5.10 Å². The SMILES string of the molecule is CCCc1ccc(-c2nn(C)cc2F)cc1. The summed E-state index contributed by atoms with van der Waals surface area (Å²) in [6.07, 6.45) is 3.57. The minimum Gasteiger partial charge on any atom is -0.272 e. The standard InChI is InChI=1S/C13H15FN2/c1-3-4-10-5-7-11(8-6-10)13-12(14)9-16(2)15-13/h5-9H,3-4H2,1-2H3. The number of aromatic nitrogens is 2. The fraction of sp³-hybridized carbons (Fsp3) is 0.308. The normalized spacial score (nSPS) is 10.7. The molecule has 2 nitrogen and oxygen atoms in total. The van der Waals surface area contributed by atoms with E-state index in [0.717, 1.165) is 18.4 Å². The Morgan fingerprint density at radius 3 is 2.44 bits per heavy atom. The molecule has 1 aromatic carbocycles. The van der Waals surface area contributed by atoms with Gasteiger partial charge < -0.3 is 0 Å². The van der Waals surface area contributed by atoms with Crippen LogP contribution in [0, 0.1) is 5.82 Å². The molecule has 2 rings (SSSR count). The molecule has 0 amide bonds. The summed E-state index contributed by atoms with van der Waals surface area (Å²) >= 11 is 0. The van der Waals surface area contributed by atoms with Crippen LogP contribution in [0.1, 0.15) is 18.9 Å². The lowest BCUT2D eigenvalue weighted by Crippen LogP contribution is -1.88. The van der Waals surface area contributed by atoms with Crippen LogP contribution in [0.2, 0.25) is 0 Å². The van der Waals surface area contributed by atoms with Gasteiger partial charge in [0.25, 0.3) is 0 Å². The summed E-state index contributed by atoms with van der Waals surface area (Å²) in [6, 6.07) is 7.92. The van der Waals surface area contributed by atoms with Crippen LogP contribution in [0.15, 0.2) is 30.5 Å². The Kier molecular flexibility index (Phi) is 3.04. The molecule has 0 radical (unpaired) electrons. The number of benzene rings is 1. The summed E-state index contributed by atoms with van der Waals surface area (Å²) in [5.74, 6) is -0.272. The van der Waals surface area contributed by atoms with Gasteiger partial charge in [0.15, 0.2) is 5.82 Å². The number of aryl methyl sites for hydroxylation is 2. The number of halogens is 1. The van der Waals surface area contributed by atoms with E-state index in [1.165, 1.54) is 16.4 Å². The first kappa shape index (κ1) is 10.9. The van der Waals surface area contributed by atoms with E-state index in [1.54, 1.807) is 7.05 Å². The molecule has 0 fully saturated rings. The zero-order valence-electron chi connectivity index (χ0n) is 9.57. The number of rotatable bonds is 3. The van der Waals surface area contributed by atoms with Gasteiger partial charge in [0, 0.05) is 12.6 Å². The van der Waals surface area contributed by atoms with Crippen LogP contribution in [-0.2, 0) is 13.5 Å². The second-order valence-electron chi connectivity index (χ2n) is 3.95. The van der Waals surface area contributed by atoms with E-state index < -0.39 is 0 Å². The van der Waals surface area contributed by atoms with Crippen LogP contribution >= 0.6 is 0 Å². The average molecular weight is 218 g/mol. The second-order valence-corrected chi connectivity index (χ2v) is 3.95. The summed E-state index contributed by atoms with van der Waals surface area (Å²) in [4.78, 5) is 0. The second kappa shape index (κ2) is 4.47. The Balaban J connectivity index is 2.31. The van der Waals surface area contributed by atoms with E-state index in [9.17, 15) is 4.39 Å². The maximum atomic E-state index is 13.5. The molecule has 0 spiro atoms. The lowest BCUT2D eigenvalue weighted by atomic mass is 10.1. The van der Waals surface area contributed by atoms with Gasteiger partial charge in [-0.3, -0.25) is 4.68 Å². The Hall–Kier alpha value is -1.64. The molecule has 0 unspecified atom stereocenters. The van der Waals surface area contributed by atoms with Crippen molar-refractivity contribution in [3.8, 4) is 11.3 Å². The van der Waals surface area contributed by atoms with E-state index in [1.807, 2.05) is 24.3 Å². The highest BCUT2D eigenvalue weighted by atomic mass is 19.1. The summed E-state index contributed by atoms with van der Waals surface area (Å²) in [5.41, 5.74) is 2.53. The highest BCUT2D eigenvalue weighted by Crippen LogP contribution is 2.21. The van der Waals surface area contributed by atoms with Crippen molar-refractivity contribution in [2.45, 2.75) is 19.8 Å². The highest BCUT2D eigenvalue weighted by Gasteiger charge is 2.08. The van der Waals surface area contributed by atoms with Gasteiger partial charge in [-0.05, 0) is 12.0 Å². The van der Waals surface area contributed by atoms with Crippen LogP contribution in [-0.4, -0.2) is 9.78 Å². The molecule has 0 saturated carbocycles. The lowest BCUT2D eigenvalue weighted by Gasteiger charge is -2.00. The van der Waals surface area contributed by atoms with Gasteiger partial charge in [-0.1, -0.05) is 37.6 Å². The Bertz CT molecular complexity index is 471. The zero-order valence-corrected chi connectivity index (χ0v) is 9.57. The third-order valence-electron chi connectivity index (χ3n) is 2.55. The number of nitrogens with zero attached hydrogens (tertiary/aromatic N) is 2. The molecule has 1 aromatic heterocycles. The predicted octanol–water partition coefficient (Wildman–Crippen LogP) is 3.18. The Morgan fingerprint density at radius 2 is 1.94 bits per heavy atom. The molecule has 2 aromatic rings. The van der Waals surface area contributed by atoms with Crippen molar-refractivity contribution in [2.24, 2.45) is 7.05 Å². The van der Waals surface area contributed by atoms with E-state index in [4.69, 9.17) is 0 Å². The molecule has 0 saturated heterocycles. The topological polar surface area (TPSA) is 17.8 Å². The molecule has 1 heterocycles. The van der Waals surface area contributed by atoms with Crippen molar-refractivity contribution in [2.75, 3.05) is 0 Å². The van der Waals surface area contributed by atoms with E-state index in [2.05, 4.69) is 12.0 Å². The quantitative estimate of drug-likeness (QED) is 0.773. The van der Waals surface area contributed by atoms with Gasteiger partial charge in [0.05, 0.1) is 6.20 Å². The molecule has 0 N–H and O–H groups in total. The minimum absolute atomic E-state index is 0.272. The number of hydrogen-bond acceptors (Lipinski definition) is 1. The van der Waals surface area contributed by atoms with Crippen molar-refractivity contribution in [3.05, 3.63) is 41.8 Å². The largest absolute Gasteiger partial charge is 0.272 e. The van der Waals surface area contributed by atoms with Crippen molar-refractivity contribution < 1.29 is 4.39 Å². The third-order valence-corrected chi connectivity index (χ3v) is 2.55. The Labute approximate surface area is 94.7 Å². The highest BCUT2D eigenvalue weighted by molar-refractivity contribution is 5.59. The summed E-state index contributed by atoms with van der Waals surface area (Å²) in [6.45, 7) is 2.15. The molecule has 0 aliphatic heterocycles. The Morgan fingerprint density at radius 1 is 1.25 bits per heavy atom. The predicted molar refractivity (Wildman–Crippen MR) is 62.6 cm³/mol. The third kappa shape index (κ3) is 2.13. The zero-order chi connectivity index (χ0) is 11.5. The van der Waals surface area contributed by atoms with Gasteiger partial charge in [-0.15, -0.1) is 0 Å². The van der Waals surface area contributed by atoms with Gasteiger partial charge in [-0.25, -0.2) is 4.39 Å². The summed E-state index contributed by atoms with van der Waals surface area (Å²) in [5, 5.41) is 4.10. The molecule has 0 aliphatic rings. The first-order chi connectivity index (χ1) is 7.70. The smallest absolute Gasteiger partial charge is 0.169 e. The van der Waals surface area contributed by atoms with E-state index in [-0.39, 0.29) is 5.82 Å². The molecule has 16 heavy (non-hydrogen) atoms. The van der Waals surface area contributed by atoms with Crippen molar-refractivity contribution in [1.82, 2.24) is 9.78 Å². The first-order valence-electron chi connectivity index (χ1n) is 5.49. The molecule has 0 bridgehead atoms. The van der Waals surface area contributed by atoms with Crippen LogP contribution in [0.4, 0.5) is 4.39 Å². The van der Waals surface area contributed by atoms with Crippen molar-refractivity contribution in [1.29, 1.82) is 0 Å². The fourth-order valence-electron chi connectivity index (χ4n) is 1.77. The van der Waals surface area contributed by atoms with Crippen LogP contribution in [0.5, 0.6) is 0 Å². The van der Waals surface area contributed by atoms with Gasteiger partial charge in [0.2, 0.25) is 0 Å². The van der Waals surface area contributed by atoms with Crippen LogP contribution < -0.4 is 0 Å². The van der Waals surface area contributed by atoms with Crippen LogP contribution in [0.25, 0.3) is 11.3 Å². The number of hydrogen-bond donors (Lipinski definition) is 0. The van der Waals surface area contributed by atoms with Crippen molar-refractivity contribution >= 4 is 0 Å². The maximum absolute atomic E-state index is 13.5. The van der Waals surface area contributed by atoms with Crippen molar-refractivity contribution in [3.63, 3.8) is 0 Å².